The molecular weight excluding hydrogens is 342 g/mol. The summed E-state index contributed by atoms with van der Waals surface area (Å²) in [5.41, 5.74) is 0.757. The van der Waals surface area contributed by atoms with Crippen molar-refractivity contribution in [3.8, 4) is 5.75 Å². The Kier molecular flexibility index (Phi) is 5.90. The van der Waals surface area contributed by atoms with Crippen LogP contribution in [0.3, 0.4) is 0 Å². The molecule has 8 heteroatoms. The Bertz CT molecular complexity index is 813. The van der Waals surface area contributed by atoms with Crippen molar-refractivity contribution in [3.05, 3.63) is 69.3 Å². The summed E-state index contributed by atoms with van der Waals surface area (Å²) in [6, 6.07) is 10.2. The Morgan fingerprint density at radius 3 is 2.08 bits per heavy atom. The van der Waals surface area contributed by atoms with Gasteiger partial charge in [-0.15, -0.1) is 0 Å². The van der Waals surface area contributed by atoms with Gasteiger partial charge in [0.25, 0.3) is 5.69 Å². The molecule has 0 spiro atoms. The second kappa shape index (κ2) is 8.11. The summed E-state index contributed by atoms with van der Waals surface area (Å²) in [6.45, 7) is 1.70. The molecule has 2 rings (SSSR count). The predicted molar refractivity (Wildman–Crippen MR) is 91.3 cm³/mol. The second-order valence-corrected chi connectivity index (χ2v) is 5.34. The van der Waals surface area contributed by atoms with Crippen molar-refractivity contribution in [3.63, 3.8) is 0 Å². The Balaban J connectivity index is 2.35. The molecule has 0 amide bonds. The van der Waals surface area contributed by atoms with E-state index in [1.165, 1.54) is 44.6 Å². The van der Waals surface area contributed by atoms with E-state index in [1.807, 2.05) is 0 Å². The lowest BCUT2D eigenvalue weighted by molar-refractivity contribution is -0.385. The topological polar surface area (TPSA) is 105 Å². The molecule has 0 radical (unpaired) electrons. The van der Waals surface area contributed by atoms with Crippen molar-refractivity contribution in [2.24, 2.45) is 0 Å². The number of hydrogen-bond acceptors (Lipinski definition) is 7. The minimum atomic E-state index is -0.636. The summed E-state index contributed by atoms with van der Waals surface area (Å²) < 4.78 is 15.1. The molecule has 0 aliphatic heterocycles. The average molecular weight is 359 g/mol. The molecule has 8 nitrogen and oxygen atoms in total. The molecule has 1 atom stereocenters. The summed E-state index contributed by atoms with van der Waals surface area (Å²) in [6.07, 6.45) is -0.562. The van der Waals surface area contributed by atoms with Gasteiger partial charge in [-0.05, 0) is 30.7 Å². The van der Waals surface area contributed by atoms with Crippen LogP contribution < -0.4 is 4.74 Å². The number of nitro groups is 1. The minimum Gasteiger partial charge on any atom is -0.486 e. The van der Waals surface area contributed by atoms with Gasteiger partial charge in [-0.1, -0.05) is 12.1 Å². The maximum Gasteiger partial charge on any atom is 0.338 e. The van der Waals surface area contributed by atoms with Crippen LogP contribution in [-0.4, -0.2) is 31.1 Å². The summed E-state index contributed by atoms with van der Waals surface area (Å²) in [5, 5.41) is 10.9. The van der Waals surface area contributed by atoms with Gasteiger partial charge < -0.3 is 14.2 Å². The van der Waals surface area contributed by atoms with Crippen LogP contribution >= 0.6 is 0 Å². The molecular formula is C18H17NO7. The Labute approximate surface area is 149 Å². The van der Waals surface area contributed by atoms with Crippen LogP contribution in [0.5, 0.6) is 5.75 Å². The monoisotopic (exact) mass is 359 g/mol. The fourth-order valence-corrected chi connectivity index (χ4v) is 2.30. The van der Waals surface area contributed by atoms with Crippen LogP contribution in [0.4, 0.5) is 5.69 Å². The number of carbonyl (C=O) groups is 2. The first kappa shape index (κ1) is 18.9. The van der Waals surface area contributed by atoms with Gasteiger partial charge in [-0.3, -0.25) is 10.1 Å². The van der Waals surface area contributed by atoms with E-state index in [-0.39, 0.29) is 22.6 Å². The zero-order valence-electron chi connectivity index (χ0n) is 14.4. The Morgan fingerprint density at radius 1 is 1.00 bits per heavy atom. The first-order chi connectivity index (χ1) is 12.3. The highest BCUT2D eigenvalue weighted by atomic mass is 16.6. The molecule has 0 N–H and O–H groups in total. The fourth-order valence-electron chi connectivity index (χ4n) is 2.30. The van der Waals surface area contributed by atoms with E-state index in [0.29, 0.717) is 5.56 Å². The number of rotatable bonds is 6. The van der Waals surface area contributed by atoms with E-state index < -0.39 is 23.0 Å². The summed E-state index contributed by atoms with van der Waals surface area (Å²) in [4.78, 5) is 34.0. The maximum atomic E-state index is 11.8. The molecule has 26 heavy (non-hydrogen) atoms. The van der Waals surface area contributed by atoms with Crippen LogP contribution in [0, 0.1) is 10.1 Å². The first-order valence-electron chi connectivity index (χ1n) is 7.58. The third kappa shape index (κ3) is 4.35. The minimum absolute atomic E-state index is 0.0588. The summed E-state index contributed by atoms with van der Waals surface area (Å²) in [7, 11) is 2.44. The molecule has 2 aromatic rings. The zero-order chi connectivity index (χ0) is 19.3. The normalized spacial score (nSPS) is 11.3. The standard InChI is InChI=1S/C18H17NO7/c1-11(12-5-4-6-15(8-12)19(22)23)26-16-9-13(17(20)24-2)7-14(10-16)18(21)25-3/h4-11H,1-3H3/t11-/m0/s1. The van der Waals surface area contributed by atoms with Gasteiger partial charge >= 0.3 is 11.9 Å². The van der Waals surface area contributed by atoms with Crippen molar-refractivity contribution in [1.29, 1.82) is 0 Å². The molecule has 0 heterocycles. The van der Waals surface area contributed by atoms with Crippen LogP contribution in [0.2, 0.25) is 0 Å². The van der Waals surface area contributed by atoms with Gasteiger partial charge in [-0.2, -0.15) is 0 Å². The lowest BCUT2D eigenvalue weighted by Crippen LogP contribution is -2.09. The highest BCUT2D eigenvalue weighted by molar-refractivity contribution is 5.96. The van der Waals surface area contributed by atoms with Crippen molar-refractivity contribution in [1.82, 2.24) is 0 Å². The van der Waals surface area contributed by atoms with Crippen LogP contribution in [0.25, 0.3) is 0 Å². The smallest absolute Gasteiger partial charge is 0.338 e. The average Bonchev–Trinajstić information content (AvgIpc) is 2.66. The number of ether oxygens (including phenoxy) is 3. The fraction of sp³-hybridized carbons (Fsp3) is 0.222. The van der Waals surface area contributed by atoms with E-state index in [0.717, 1.165) is 0 Å². The van der Waals surface area contributed by atoms with Gasteiger partial charge in [0.05, 0.1) is 30.3 Å². The van der Waals surface area contributed by atoms with Crippen LogP contribution in [0.15, 0.2) is 42.5 Å². The molecule has 0 aliphatic rings. The highest BCUT2D eigenvalue weighted by Gasteiger charge is 2.17. The number of esters is 2. The van der Waals surface area contributed by atoms with Gasteiger partial charge in [0.2, 0.25) is 0 Å². The van der Waals surface area contributed by atoms with Crippen molar-refractivity contribution in [2.75, 3.05) is 14.2 Å². The second-order valence-electron chi connectivity index (χ2n) is 5.34. The van der Waals surface area contributed by atoms with Crippen molar-refractivity contribution >= 4 is 17.6 Å². The lowest BCUT2D eigenvalue weighted by Gasteiger charge is -2.16. The van der Waals surface area contributed by atoms with E-state index in [1.54, 1.807) is 19.1 Å². The quantitative estimate of drug-likeness (QED) is 0.442. The molecule has 136 valence electrons. The molecule has 0 aliphatic carbocycles. The lowest BCUT2D eigenvalue weighted by atomic mass is 10.1. The number of benzene rings is 2. The maximum absolute atomic E-state index is 11.8. The highest BCUT2D eigenvalue weighted by Crippen LogP contribution is 2.26. The van der Waals surface area contributed by atoms with Gasteiger partial charge in [-0.25, -0.2) is 9.59 Å². The molecule has 0 bridgehead atoms. The number of carbonyl (C=O) groups excluding carboxylic acids is 2. The molecule has 2 aromatic carbocycles. The van der Waals surface area contributed by atoms with E-state index >= 15 is 0 Å². The number of hydrogen-bond donors (Lipinski definition) is 0. The van der Waals surface area contributed by atoms with Crippen molar-refractivity contribution in [2.45, 2.75) is 13.0 Å². The Hall–Kier alpha value is -3.42. The van der Waals surface area contributed by atoms with Gasteiger partial charge in [0.1, 0.15) is 11.9 Å². The Morgan fingerprint density at radius 2 is 1.58 bits per heavy atom. The van der Waals surface area contributed by atoms with Gasteiger partial charge in [0.15, 0.2) is 0 Å². The van der Waals surface area contributed by atoms with E-state index in [2.05, 4.69) is 9.47 Å². The third-order valence-corrected chi connectivity index (χ3v) is 3.61. The molecule has 0 saturated carbocycles. The predicted octanol–water partition coefficient (Wildman–Crippen LogP) is 3.31. The van der Waals surface area contributed by atoms with E-state index in [4.69, 9.17) is 4.74 Å². The van der Waals surface area contributed by atoms with Gasteiger partial charge in [0, 0.05) is 12.1 Å². The molecule has 0 saturated heterocycles. The molecule has 0 aromatic heterocycles. The third-order valence-electron chi connectivity index (χ3n) is 3.61. The largest absolute Gasteiger partial charge is 0.486 e. The molecule has 0 unspecified atom stereocenters. The van der Waals surface area contributed by atoms with Crippen LogP contribution in [-0.2, 0) is 9.47 Å². The first-order valence-corrected chi connectivity index (χ1v) is 7.58. The van der Waals surface area contributed by atoms with Crippen molar-refractivity contribution < 1.29 is 28.7 Å². The SMILES string of the molecule is COC(=O)c1cc(O[C@@H](C)c2cccc([N+](=O)[O-])c2)cc(C(=O)OC)c1. The summed E-state index contributed by atoms with van der Waals surface area (Å²) >= 11 is 0. The van der Waals surface area contributed by atoms with Crippen LogP contribution in [0.1, 0.15) is 39.3 Å². The zero-order valence-corrected chi connectivity index (χ0v) is 14.4. The van der Waals surface area contributed by atoms with E-state index in [9.17, 15) is 19.7 Å². The summed E-state index contributed by atoms with van der Waals surface area (Å²) in [5.74, 6) is -1.04. The molecule has 0 fully saturated rings. The number of nitrogens with zero attached hydrogens (tertiary/aromatic N) is 1. The number of nitro benzene ring substituents is 1. The number of methoxy groups -OCH3 is 2. The number of non-ortho nitro benzene ring substituents is 1.